The molecule has 0 radical (unpaired) electrons. The fourth-order valence-electron chi connectivity index (χ4n) is 1.43. The Balaban J connectivity index is 2.09. The number of carbonyl (C=O) groups excluding carboxylic acids is 1. The largest absolute Gasteiger partial charge is 0.378 e. The molecule has 1 saturated heterocycles. The molecule has 0 saturated carbocycles. The minimum absolute atomic E-state index is 0.132. The van der Waals surface area contributed by atoms with Crippen molar-refractivity contribution in [2.45, 2.75) is 26.3 Å². The van der Waals surface area contributed by atoms with E-state index in [2.05, 4.69) is 10.6 Å². The number of carbonyl (C=O) groups is 1. The first kappa shape index (κ1) is 11.5. The predicted octanol–water partition coefficient (Wildman–Crippen LogP) is 0.137. The van der Waals surface area contributed by atoms with E-state index in [1.54, 1.807) is 0 Å². The van der Waals surface area contributed by atoms with E-state index in [0.717, 1.165) is 13.2 Å². The van der Waals surface area contributed by atoms with Gasteiger partial charge in [0, 0.05) is 25.6 Å². The summed E-state index contributed by atoms with van der Waals surface area (Å²) in [5.41, 5.74) is 0. The number of rotatable bonds is 4. The average Bonchev–Trinajstić information content (AvgIpc) is 2.15. The molecular weight excluding hydrogens is 180 g/mol. The Kier molecular flexibility index (Phi) is 4.90. The van der Waals surface area contributed by atoms with Gasteiger partial charge in [-0.1, -0.05) is 13.8 Å². The predicted molar refractivity (Wildman–Crippen MR) is 55.1 cm³/mol. The highest BCUT2D eigenvalue weighted by atomic mass is 16.5. The molecular formula is C10H20N2O2. The Hall–Kier alpha value is -0.610. The first-order valence-electron chi connectivity index (χ1n) is 5.26. The second-order valence-electron chi connectivity index (χ2n) is 4.13. The van der Waals surface area contributed by atoms with E-state index in [1.807, 2.05) is 13.8 Å². The molecule has 1 fully saturated rings. The van der Waals surface area contributed by atoms with Gasteiger partial charge in [0.25, 0.3) is 0 Å². The lowest BCUT2D eigenvalue weighted by Gasteiger charge is -2.24. The summed E-state index contributed by atoms with van der Waals surface area (Å²) in [6.07, 6.45) is 0.605. The lowest BCUT2D eigenvalue weighted by molar-refractivity contribution is -0.122. The monoisotopic (exact) mass is 200 g/mol. The van der Waals surface area contributed by atoms with Crippen molar-refractivity contribution >= 4 is 5.91 Å². The highest BCUT2D eigenvalue weighted by Gasteiger charge is 2.13. The highest BCUT2D eigenvalue weighted by Crippen LogP contribution is 1.98. The van der Waals surface area contributed by atoms with Crippen molar-refractivity contribution in [3.8, 4) is 0 Å². The fraction of sp³-hybridized carbons (Fsp3) is 0.900. The Bertz CT molecular complexity index is 177. The van der Waals surface area contributed by atoms with Crippen molar-refractivity contribution in [2.75, 3.05) is 26.3 Å². The lowest BCUT2D eigenvalue weighted by atomic mass is 10.1. The Labute approximate surface area is 85.4 Å². The van der Waals surface area contributed by atoms with Crippen LogP contribution in [0.1, 0.15) is 20.3 Å². The Morgan fingerprint density at radius 1 is 1.64 bits per heavy atom. The van der Waals surface area contributed by atoms with E-state index < -0.39 is 0 Å². The molecule has 14 heavy (non-hydrogen) atoms. The number of ether oxygens (including phenoxy) is 1. The second-order valence-corrected chi connectivity index (χ2v) is 4.13. The number of morpholine rings is 1. The maximum absolute atomic E-state index is 11.3. The zero-order valence-electron chi connectivity index (χ0n) is 9.01. The van der Waals surface area contributed by atoms with Crippen molar-refractivity contribution < 1.29 is 9.53 Å². The van der Waals surface area contributed by atoms with E-state index in [0.29, 0.717) is 25.5 Å². The van der Waals surface area contributed by atoms with Gasteiger partial charge in [-0.2, -0.15) is 0 Å². The van der Waals surface area contributed by atoms with Crippen LogP contribution in [-0.2, 0) is 9.53 Å². The topological polar surface area (TPSA) is 50.4 Å². The number of amides is 1. The molecule has 0 spiro atoms. The molecule has 0 aromatic carbocycles. The van der Waals surface area contributed by atoms with Crippen molar-refractivity contribution in [3.63, 3.8) is 0 Å². The van der Waals surface area contributed by atoms with Crippen LogP contribution in [0.5, 0.6) is 0 Å². The third-order valence-corrected chi connectivity index (χ3v) is 2.14. The molecule has 1 unspecified atom stereocenters. The van der Waals surface area contributed by atoms with E-state index in [4.69, 9.17) is 4.74 Å². The first-order valence-corrected chi connectivity index (χ1v) is 5.26. The summed E-state index contributed by atoms with van der Waals surface area (Å²) >= 11 is 0. The first-order chi connectivity index (χ1) is 6.68. The molecule has 1 amide bonds. The van der Waals surface area contributed by atoms with Crippen LogP contribution in [0.3, 0.4) is 0 Å². The molecule has 0 bridgehead atoms. The standard InChI is InChI=1S/C10H20N2O2/c1-8(2)5-10(13)12-6-9-7-14-4-3-11-9/h8-9,11H,3-7H2,1-2H3,(H,12,13). The van der Waals surface area contributed by atoms with Gasteiger partial charge >= 0.3 is 0 Å². The molecule has 1 aliphatic heterocycles. The van der Waals surface area contributed by atoms with Gasteiger partial charge in [-0.3, -0.25) is 4.79 Å². The molecule has 0 aromatic rings. The molecule has 1 atom stereocenters. The van der Waals surface area contributed by atoms with Gasteiger partial charge in [0.05, 0.1) is 13.2 Å². The highest BCUT2D eigenvalue weighted by molar-refractivity contribution is 5.76. The SMILES string of the molecule is CC(C)CC(=O)NCC1COCCN1. The van der Waals surface area contributed by atoms with Crippen molar-refractivity contribution in [2.24, 2.45) is 5.92 Å². The quantitative estimate of drug-likeness (QED) is 0.678. The zero-order chi connectivity index (χ0) is 10.4. The summed E-state index contributed by atoms with van der Waals surface area (Å²) in [5, 5.41) is 6.19. The summed E-state index contributed by atoms with van der Waals surface area (Å²) in [5.74, 6) is 0.554. The molecule has 1 aliphatic rings. The number of hydrogen-bond donors (Lipinski definition) is 2. The number of hydrogen-bond acceptors (Lipinski definition) is 3. The van der Waals surface area contributed by atoms with Gasteiger partial charge < -0.3 is 15.4 Å². The van der Waals surface area contributed by atoms with E-state index in [1.165, 1.54) is 0 Å². The lowest BCUT2D eigenvalue weighted by Crippen LogP contribution is -2.48. The normalized spacial score (nSPS) is 22.4. The molecule has 4 nitrogen and oxygen atoms in total. The van der Waals surface area contributed by atoms with E-state index >= 15 is 0 Å². The van der Waals surface area contributed by atoms with Gasteiger partial charge in [0.15, 0.2) is 0 Å². The molecule has 2 N–H and O–H groups in total. The third-order valence-electron chi connectivity index (χ3n) is 2.14. The van der Waals surface area contributed by atoms with Gasteiger partial charge in [-0.15, -0.1) is 0 Å². The molecule has 82 valence electrons. The third kappa shape index (κ3) is 4.58. The maximum atomic E-state index is 11.3. The van der Waals surface area contributed by atoms with Gasteiger partial charge in [0.1, 0.15) is 0 Å². The molecule has 1 heterocycles. The molecule has 0 aliphatic carbocycles. The van der Waals surface area contributed by atoms with Crippen LogP contribution in [0.15, 0.2) is 0 Å². The summed E-state index contributed by atoms with van der Waals surface area (Å²) in [4.78, 5) is 11.3. The van der Waals surface area contributed by atoms with E-state index in [-0.39, 0.29) is 11.9 Å². The van der Waals surface area contributed by atoms with Crippen LogP contribution in [0.4, 0.5) is 0 Å². The zero-order valence-corrected chi connectivity index (χ0v) is 9.01. The number of nitrogens with one attached hydrogen (secondary N) is 2. The van der Waals surface area contributed by atoms with Gasteiger partial charge in [-0.05, 0) is 5.92 Å². The van der Waals surface area contributed by atoms with Crippen LogP contribution >= 0.6 is 0 Å². The van der Waals surface area contributed by atoms with Crippen LogP contribution in [0, 0.1) is 5.92 Å². The van der Waals surface area contributed by atoms with Crippen molar-refractivity contribution in [3.05, 3.63) is 0 Å². The van der Waals surface area contributed by atoms with Crippen LogP contribution in [0.25, 0.3) is 0 Å². The summed E-state index contributed by atoms with van der Waals surface area (Å²) in [7, 11) is 0. The minimum atomic E-state index is 0.132. The summed E-state index contributed by atoms with van der Waals surface area (Å²) < 4.78 is 5.28. The van der Waals surface area contributed by atoms with Crippen molar-refractivity contribution in [1.82, 2.24) is 10.6 Å². The minimum Gasteiger partial charge on any atom is -0.378 e. The average molecular weight is 200 g/mol. The molecule has 0 aromatic heterocycles. The molecule has 4 heteroatoms. The summed E-state index contributed by atoms with van der Waals surface area (Å²) in [6, 6.07) is 0.278. The van der Waals surface area contributed by atoms with Gasteiger partial charge in [0.2, 0.25) is 5.91 Å². The van der Waals surface area contributed by atoms with Crippen LogP contribution in [0.2, 0.25) is 0 Å². The van der Waals surface area contributed by atoms with Crippen molar-refractivity contribution in [1.29, 1.82) is 0 Å². The van der Waals surface area contributed by atoms with E-state index in [9.17, 15) is 4.79 Å². The Morgan fingerprint density at radius 3 is 3.00 bits per heavy atom. The smallest absolute Gasteiger partial charge is 0.220 e. The fourth-order valence-corrected chi connectivity index (χ4v) is 1.43. The molecule has 1 rings (SSSR count). The van der Waals surface area contributed by atoms with Crippen LogP contribution < -0.4 is 10.6 Å². The summed E-state index contributed by atoms with van der Waals surface area (Å²) in [6.45, 7) is 7.11. The van der Waals surface area contributed by atoms with Crippen LogP contribution in [-0.4, -0.2) is 38.3 Å². The maximum Gasteiger partial charge on any atom is 0.220 e. The van der Waals surface area contributed by atoms with Gasteiger partial charge in [-0.25, -0.2) is 0 Å². The second kappa shape index (κ2) is 5.98. The Morgan fingerprint density at radius 2 is 2.43 bits per heavy atom.